The van der Waals surface area contributed by atoms with Gasteiger partial charge in [-0.1, -0.05) is 20.1 Å². The number of aliphatic hydroxyl groups excluding tert-OH is 1. The predicted molar refractivity (Wildman–Crippen MR) is 152 cm³/mol. The van der Waals surface area contributed by atoms with E-state index < -0.39 is 18.2 Å². The Hall–Kier alpha value is -1.33. The zero-order valence-corrected chi connectivity index (χ0v) is 25.0. The van der Waals surface area contributed by atoms with E-state index in [1.165, 1.54) is 11.1 Å². The molecule has 0 bridgehead atoms. The molecule has 5 aliphatic rings. The van der Waals surface area contributed by atoms with E-state index in [0.717, 1.165) is 44.9 Å². The monoisotopic (exact) mass is 578 g/mol. The number of hydrogen-bond acceptors (Lipinski definition) is 8. The van der Waals surface area contributed by atoms with Crippen molar-refractivity contribution in [3.63, 3.8) is 0 Å². The van der Waals surface area contributed by atoms with Gasteiger partial charge >= 0.3 is 5.97 Å². The predicted octanol–water partition coefficient (Wildman–Crippen LogP) is 4.34. The third-order valence-electron chi connectivity index (χ3n) is 10.0. The Balaban J connectivity index is 1.06. The second-order valence-corrected chi connectivity index (χ2v) is 13.0. The van der Waals surface area contributed by atoms with Gasteiger partial charge in [-0.25, -0.2) is 0 Å². The van der Waals surface area contributed by atoms with Crippen LogP contribution in [0.4, 0.5) is 0 Å². The fourth-order valence-electron chi connectivity index (χ4n) is 7.60. The summed E-state index contributed by atoms with van der Waals surface area (Å²) in [6.45, 7) is 12.8. The van der Waals surface area contributed by atoms with Gasteiger partial charge in [-0.3, -0.25) is 4.79 Å². The highest BCUT2D eigenvalue weighted by atomic mass is 16.6. The average molecular weight is 579 g/mol. The van der Waals surface area contributed by atoms with Crippen molar-refractivity contribution >= 4 is 5.97 Å². The van der Waals surface area contributed by atoms with Crippen LogP contribution in [-0.4, -0.2) is 96.5 Å². The van der Waals surface area contributed by atoms with Crippen molar-refractivity contribution in [2.75, 3.05) is 7.11 Å². The fourth-order valence-corrected chi connectivity index (χ4v) is 7.60. The van der Waals surface area contributed by atoms with Crippen LogP contribution in [-0.2, 0) is 33.2 Å². The molecule has 0 aliphatic carbocycles. The number of carbonyl (C=O) groups is 1. The van der Waals surface area contributed by atoms with Gasteiger partial charge in [-0.2, -0.15) is 0 Å². The molecule has 232 valence electrons. The summed E-state index contributed by atoms with van der Waals surface area (Å²) in [5.41, 5.74) is 2.37. The quantitative estimate of drug-likeness (QED) is 0.366. The van der Waals surface area contributed by atoms with Gasteiger partial charge in [-0.15, -0.1) is 0 Å². The molecule has 0 radical (unpaired) electrons. The summed E-state index contributed by atoms with van der Waals surface area (Å²) in [6.07, 6.45) is 6.02. The van der Waals surface area contributed by atoms with E-state index in [9.17, 15) is 9.90 Å². The molecule has 5 rings (SSSR count). The maximum Gasteiger partial charge on any atom is 0.305 e. The SMILES string of the molecule is C=C1C[C@H](CC[C@@H]2C[C@@H](OC)C(C3C[C@@H](O)[C@H]4O[C@@H](CC(=O)O)CC[C@@H]4O3)O2)O[C@H]1CC[C@H]1C[C@@H](C)C(=C)[C@@H](C)O1. The molecule has 9 nitrogen and oxygen atoms in total. The van der Waals surface area contributed by atoms with Crippen LogP contribution < -0.4 is 0 Å². The van der Waals surface area contributed by atoms with Crippen molar-refractivity contribution in [2.45, 2.75) is 158 Å². The second kappa shape index (κ2) is 13.5. The first-order valence-electron chi connectivity index (χ1n) is 15.7. The molecule has 0 saturated carbocycles. The van der Waals surface area contributed by atoms with E-state index in [-0.39, 0.29) is 67.5 Å². The molecule has 41 heavy (non-hydrogen) atoms. The second-order valence-electron chi connectivity index (χ2n) is 13.0. The first kappa shape index (κ1) is 31.1. The van der Waals surface area contributed by atoms with Gasteiger partial charge < -0.3 is 38.6 Å². The number of hydrogen-bond donors (Lipinski definition) is 2. The maximum absolute atomic E-state index is 11.1. The van der Waals surface area contributed by atoms with Crippen molar-refractivity contribution in [2.24, 2.45) is 5.92 Å². The Morgan fingerprint density at radius 1 is 0.854 bits per heavy atom. The highest BCUT2D eigenvalue weighted by molar-refractivity contribution is 5.67. The van der Waals surface area contributed by atoms with E-state index in [2.05, 4.69) is 27.0 Å². The Kier molecular flexibility index (Phi) is 10.3. The fraction of sp³-hybridized carbons (Fsp3) is 0.844. The van der Waals surface area contributed by atoms with Gasteiger partial charge in [0.15, 0.2) is 0 Å². The van der Waals surface area contributed by atoms with Crippen LogP contribution in [0.15, 0.2) is 24.3 Å². The van der Waals surface area contributed by atoms with Crippen LogP contribution in [0.2, 0.25) is 0 Å². The summed E-state index contributed by atoms with van der Waals surface area (Å²) in [5.74, 6) is -0.398. The molecule has 5 saturated heterocycles. The van der Waals surface area contributed by atoms with Crippen LogP contribution in [0.1, 0.15) is 84.5 Å². The lowest BCUT2D eigenvalue weighted by atomic mass is 9.87. The Bertz CT molecular complexity index is 924. The molecule has 0 aromatic heterocycles. The molecule has 0 spiro atoms. The molecule has 0 amide bonds. The molecule has 0 aromatic rings. The summed E-state index contributed by atoms with van der Waals surface area (Å²) in [6, 6.07) is 0. The molecule has 9 heteroatoms. The molecule has 2 N–H and O–H groups in total. The van der Waals surface area contributed by atoms with Gasteiger partial charge in [-0.05, 0) is 75.4 Å². The third-order valence-corrected chi connectivity index (χ3v) is 10.0. The molecular weight excluding hydrogens is 528 g/mol. The maximum atomic E-state index is 11.1. The summed E-state index contributed by atoms with van der Waals surface area (Å²) in [5, 5.41) is 20.0. The van der Waals surface area contributed by atoms with Crippen molar-refractivity contribution in [1.29, 1.82) is 0 Å². The first-order valence-corrected chi connectivity index (χ1v) is 15.7. The van der Waals surface area contributed by atoms with Gasteiger partial charge in [0.2, 0.25) is 0 Å². The standard InChI is InChI=1S/C32H50O9/c1-17-12-21(37-20(4)19(17)3)8-10-26-18(2)13-22(38-26)6-7-23-14-28(36-5)32(40-23)29-16-25(33)31-27(41-29)11-9-24(39-31)15-30(34)35/h17,20-29,31-33H,2-3,6-16H2,1,4-5H3,(H,34,35)/t17-,20-,21+,22+,23-,24-,25-,26+,27+,28-,29?,31-,32?/m1/s1. The van der Waals surface area contributed by atoms with E-state index in [4.69, 9.17) is 33.5 Å². The minimum Gasteiger partial charge on any atom is -0.481 e. The first-order chi connectivity index (χ1) is 19.6. The molecule has 0 aromatic carbocycles. The molecule has 13 atom stereocenters. The molecular formula is C32H50O9. The number of methoxy groups -OCH3 is 1. The Morgan fingerprint density at radius 3 is 2.29 bits per heavy atom. The number of carboxylic acid groups (broad SMARTS) is 1. The number of ether oxygens (including phenoxy) is 6. The number of aliphatic hydroxyl groups is 1. The van der Waals surface area contributed by atoms with Crippen LogP contribution in [0, 0.1) is 5.92 Å². The molecule has 2 unspecified atom stereocenters. The number of carboxylic acids is 1. The lowest BCUT2D eigenvalue weighted by Gasteiger charge is -2.46. The third kappa shape index (κ3) is 7.43. The molecule has 5 aliphatic heterocycles. The van der Waals surface area contributed by atoms with E-state index in [1.54, 1.807) is 7.11 Å². The van der Waals surface area contributed by atoms with Crippen molar-refractivity contribution in [3.05, 3.63) is 24.3 Å². The van der Waals surface area contributed by atoms with E-state index in [0.29, 0.717) is 25.2 Å². The minimum absolute atomic E-state index is 0.0357. The molecule has 5 fully saturated rings. The minimum atomic E-state index is -0.890. The summed E-state index contributed by atoms with van der Waals surface area (Å²) in [7, 11) is 1.70. The van der Waals surface area contributed by atoms with Crippen LogP contribution in [0.3, 0.4) is 0 Å². The normalized spacial score (nSPS) is 45.1. The van der Waals surface area contributed by atoms with Crippen LogP contribution >= 0.6 is 0 Å². The number of rotatable bonds is 10. The smallest absolute Gasteiger partial charge is 0.305 e. The van der Waals surface area contributed by atoms with Gasteiger partial charge in [0.05, 0.1) is 67.5 Å². The van der Waals surface area contributed by atoms with Crippen molar-refractivity contribution < 1.29 is 43.4 Å². The highest BCUT2D eigenvalue weighted by Gasteiger charge is 2.49. The zero-order valence-electron chi connectivity index (χ0n) is 25.0. The van der Waals surface area contributed by atoms with Gasteiger partial charge in [0, 0.05) is 20.0 Å². The van der Waals surface area contributed by atoms with E-state index >= 15 is 0 Å². The van der Waals surface area contributed by atoms with Gasteiger partial charge in [0.1, 0.15) is 12.2 Å². The number of aliphatic carboxylic acids is 1. The van der Waals surface area contributed by atoms with Gasteiger partial charge in [0.25, 0.3) is 0 Å². The average Bonchev–Trinajstić information content (AvgIpc) is 3.51. The van der Waals surface area contributed by atoms with E-state index in [1.807, 2.05) is 0 Å². The highest BCUT2D eigenvalue weighted by Crippen LogP contribution is 2.39. The summed E-state index contributed by atoms with van der Waals surface area (Å²) >= 11 is 0. The zero-order chi connectivity index (χ0) is 29.3. The number of fused-ring (bicyclic) bond motifs is 1. The largest absolute Gasteiger partial charge is 0.481 e. The Morgan fingerprint density at radius 2 is 1.56 bits per heavy atom. The van der Waals surface area contributed by atoms with Crippen LogP contribution in [0.25, 0.3) is 0 Å². The van der Waals surface area contributed by atoms with Crippen LogP contribution in [0.5, 0.6) is 0 Å². The van der Waals surface area contributed by atoms with Crippen molar-refractivity contribution in [1.82, 2.24) is 0 Å². The lowest BCUT2D eigenvalue weighted by molar-refractivity contribution is -0.248. The Labute approximate surface area is 244 Å². The lowest BCUT2D eigenvalue weighted by Crippen LogP contribution is -2.57. The van der Waals surface area contributed by atoms with Crippen molar-refractivity contribution in [3.8, 4) is 0 Å². The summed E-state index contributed by atoms with van der Waals surface area (Å²) < 4.78 is 37.2. The summed E-state index contributed by atoms with van der Waals surface area (Å²) in [4.78, 5) is 11.1. The topological polar surface area (TPSA) is 113 Å². The molecule has 5 heterocycles.